The van der Waals surface area contributed by atoms with Gasteiger partial charge in [0.1, 0.15) is 0 Å². The third-order valence-corrected chi connectivity index (χ3v) is 4.16. The zero-order valence-electron chi connectivity index (χ0n) is 12.5. The van der Waals surface area contributed by atoms with E-state index in [2.05, 4.69) is 48.3 Å². The fraction of sp³-hybridized carbons (Fsp3) is 0.647. The summed E-state index contributed by atoms with van der Waals surface area (Å²) >= 11 is 0. The van der Waals surface area contributed by atoms with E-state index in [1.165, 1.54) is 45.3 Å². The Labute approximate surface area is 118 Å². The topological polar surface area (TPSA) is 15.3 Å². The van der Waals surface area contributed by atoms with Gasteiger partial charge in [-0.15, -0.1) is 0 Å². The van der Waals surface area contributed by atoms with E-state index in [4.69, 9.17) is 0 Å². The Balaban J connectivity index is 1.73. The van der Waals surface area contributed by atoms with Crippen molar-refractivity contribution < 1.29 is 0 Å². The van der Waals surface area contributed by atoms with Crippen LogP contribution >= 0.6 is 0 Å². The average molecular weight is 260 g/mol. The summed E-state index contributed by atoms with van der Waals surface area (Å²) in [5.41, 5.74) is 3.11. The largest absolute Gasteiger partial charge is 0.313 e. The molecule has 2 nitrogen and oxygen atoms in total. The van der Waals surface area contributed by atoms with Crippen molar-refractivity contribution in [2.24, 2.45) is 0 Å². The minimum Gasteiger partial charge on any atom is -0.313 e. The number of benzene rings is 1. The molecule has 0 aliphatic carbocycles. The van der Waals surface area contributed by atoms with E-state index in [0.717, 1.165) is 6.54 Å². The summed E-state index contributed by atoms with van der Waals surface area (Å²) in [7, 11) is 0. The van der Waals surface area contributed by atoms with Crippen LogP contribution in [0.2, 0.25) is 0 Å². The Morgan fingerprint density at radius 3 is 2.37 bits per heavy atom. The third-order valence-electron chi connectivity index (χ3n) is 4.16. The van der Waals surface area contributed by atoms with Gasteiger partial charge in [0.25, 0.3) is 0 Å². The first-order valence-electron chi connectivity index (χ1n) is 7.82. The second kappa shape index (κ2) is 7.66. The molecule has 0 aromatic heterocycles. The van der Waals surface area contributed by atoms with Gasteiger partial charge in [-0.1, -0.05) is 37.6 Å². The van der Waals surface area contributed by atoms with Crippen LogP contribution < -0.4 is 5.32 Å². The van der Waals surface area contributed by atoms with E-state index in [1.54, 1.807) is 11.1 Å². The van der Waals surface area contributed by atoms with E-state index in [9.17, 15) is 0 Å². The van der Waals surface area contributed by atoms with Gasteiger partial charge in [-0.05, 0) is 37.3 Å². The zero-order chi connectivity index (χ0) is 13.5. The lowest BCUT2D eigenvalue weighted by Crippen LogP contribution is -2.37. The number of nitrogens with one attached hydrogen (secondary N) is 1. The molecule has 0 bridgehead atoms. The van der Waals surface area contributed by atoms with Crippen LogP contribution in [0.15, 0.2) is 24.3 Å². The quantitative estimate of drug-likeness (QED) is 0.846. The maximum absolute atomic E-state index is 3.63. The van der Waals surface area contributed by atoms with E-state index in [1.807, 2.05) is 0 Å². The maximum Gasteiger partial charge on any atom is 0.0107 e. The highest BCUT2D eigenvalue weighted by atomic mass is 15.1. The van der Waals surface area contributed by atoms with Crippen molar-refractivity contribution in [2.75, 3.05) is 26.2 Å². The van der Waals surface area contributed by atoms with Crippen LogP contribution in [0.3, 0.4) is 0 Å². The molecule has 0 saturated heterocycles. The number of fused-ring (bicyclic) bond motifs is 1. The van der Waals surface area contributed by atoms with Gasteiger partial charge in [-0.2, -0.15) is 0 Å². The van der Waals surface area contributed by atoms with Gasteiger partial charge >= 0.3 is 0 Å². The summed E-state index contributed by atoms with van der Waals surface area (Å²) in [6.45, 7) is 9.27. The van der Waals surface area contributed by atoms with Crippen molar-refractivity contribution in [3.63, 3.8) is 0 Å². The predicted octanol–water partition coefficient (Wildman–Crippen LogP) is 2.87. The van der Waals surface area contributed by atoms with Gasteiger partial charge in [0.15, 0.2) is 0 Å². The first kappa shape index (κ1) is 14.5. The van der Waals surface area contributed by atoms with Crippen molar-refractivity contribution in [1.29, 1.82) is 0 Å². The minimum atomic E-state index is 0.661. The second-order valence-corrected chi connectivity index (χ2v) is 5.75. The molecule has 2 rings (SSSR count). The molecule has 106 valence electrons. The fourth-order valence-electron chi connectivity index (χ4n) is 2.94. The van der Waals surface area contributed by atoms with Crippen molar-refractivity contribution in [1.82, 2.24) is 10.2 Å². The monoisotopic (exact) mass is 260 g/mol. The van der Waals surface area contributed by atoms with Gasteiger partial charge in [-0.3, -0.25) is 0 Å². The van der Waals surface area contributed by atoms with E-state index >= 15 is 0 Å². The maximum atomic E-state index is 3.63. The number of nitrogens with zero attached hydrogens (tertiary/aromatic N) is 1. The molecule has 2 heteroatoms. The second-order valence-electron chi connectivity index (χ2n) is 5.75. The highest BCUT2D eigenvalue weighted by Crippen LogP contribution is 2.15. The molecular formula is C17H28N2. The molecule has 1 atom stereocenters. The van der Waals surface area contributed by atoms with Crippen LogP contribution in [-0.4, -0.2) is 37.1 Å². The molecule has 0 radical (unpaired) electrons. The van der Waals surface area contributed by atoms with Crippen LogP contribution in [0.1, 0.15) is 37.8 Å². The third kappa shape index (κ3) is 4.63. The number of hydrogen-bond acceptors (Lipinski definition) is 2. The molecule has 0 fully saturated rings. The summed E-state index contributed by atoms with van der Waals surface area (Å²) in [5, 5.41) is 3.63. The molecule has 0 amide bonds. The molecule has 1 heterocycles. The van der Waals surface area contributed by atoms with Crippen molar-refractivity contribution in [3.8, 4) is 0 Å². The fourth-order valence-corrected chi connectivity index (χ4v) is 2.94. The first-order chi connectivity index (χ1) is 9.29. The van der Waals surface area contributed by atoms with Crippen molar-refractivity contribution >= 4 is 0 Å². The lowest BCUT2D eigenvalue weighted by atomic mass is 10.0. The van der Waals surface area contributed by atoms with Crippen LogP contribution in [0.5, 0.6) is 0 Å². The van der Waals surface area contributed by atoms with Crippen LogP contribution in [0.25, 0.3) is 0 Å². The Morgan fingerprint density at radius 1 is 1.16 bits per heavy atom. The summed E-state index contributed by atoms with van der Waals surface area (Å²) in [5.74, 6) is 0. The molecule has 0 spiro atoms. The Morgan fingerprint density at radius 2 is 1.79 bits per heavy atom. The van der Waals surface area contributed by atoms with Crippen LogP contribution in [0, 0.1) is 0 Å². The Hall–Kier alpha value is -0.860. The Kier molecular flexibility index (Phi) is 5.87. The average Bonchev–Trinajstić information content (AvgIpc) is 2.62. The minimum absolute atomic E-state index is 0.661. The van der Waals surface area contributed by atoms with Crippen LogP contribution in [0.4, 0.5) is 0 Å². The van der Waals surface area contributed by atoms with E-state index in [0.29, 0.717) is 6.04 Å². The summed E-state index contributed by atoms with van der Waals surface area (Å²) in [6, 6.07) is 9.58. The predicted molar refractivity (Wildman–Crippen MR) is 82.7 cm³/mol. The van der Waals surface area contributed by atoms with Crippen LogP contribution in [-0.2, 0) is 12.8 Å². The van der Waals surface area contributed by atoms with Crippen molar-refractivity contribution in [3.05, 3.63) is 35.4 Å². The van der Waals surface area contributed by atoms with Gasteiger partial charge < -0.3 is 10.2 Å². The molecule has 1 aliphatic heterocycles. The SMILES string of the molecule is CCCC(C)NCCN1CCc2ccccc2CC1. The zero-order valence-corrected chi connectivity index (χ0v) is 12.5. The number of hydrogen-bond donors (Lipinski definition) is 1. The summed E-state index contributed by atoms with van der Waals surface area (Å²) < 4.78 is 0. The molecular weight excluding hydrogens is 232 g/mol. The lowest BCUT2D eigenvalue weighted by Gasteiger charge is -2.21. The molecule has 1 aromatic carbocycles. The van der Waals surface area contributed by atoms with Crippen molar-refractivity contribution in [2.45, 2.75) is 45.6 Å². The lowest BCUT2D eigenvalue weighted by molar-refractivity contribution is 0.281. The van der Waals surface area contributed by atoms with E-state index in [-0.39, 0.29) is 0 Å². The molecule has 1 N–H and O–H groups in total. The highest BCUT2D eigenvalue weighted by Gasteiger charge is 2.13. The standard InChI is InChI=1S/C17H28N2/c1-3-6-15(2)18-11-14-19-12-9-16-7-4-5-8-17(16)10-13-19/h4-5,7-8,15,18H,3,6,9-14H2,1-2H3. The molecule has 1 aliphatic rings. The molecule has 1 unspecified atom stereocenters. The smallest absolute Gasteiger partial charge is 0.0107 e. The molecule has 19 heavy (non-hydrogen) atoms. The number of rotatable bonds is 6. The van der Waals surface area contributed by atoms with E-state index < -0.39 is 0 Å². The molecule has 1 aromatic rings. The Bertz CT molecular complexity index is 348. The summed E-state index contributed by atoms with van der Waals surface area (Å²) in [6.07, 6.45) is 4.97. The summed E-state index contributed by atoms with van der Waals surface area (Å²) in [4.78, 5) is 2.60. The van der Waals surface area contributed by atoms with Gasteiger partial charge in [-0.25, -0.2) is 0 Å². The highest BCUT2D eigenvalue weighted by molar-refractivity contribution is 5.28. The molecule has 0 saturated carbocycles. The van der Waals surface area contributed by atoms with Gasteiger partial charge in [0, 0.05) is 32.2 Å². The normalized spacial score (nSPS) is 17.8. The first-order valence-corrected chi connectivity index (χ1v) is 7.82. The van der Waals surface area contributed by atoms with Gasteiger partial charge in [0.05, 0.1) is 0 Å². The van der Waals surface area contributed by atoms with Gasteiger partial charge in [0.2, 0.25) is 0 Å².